The third-order valence-corrected chi connectivity index (χ3v) is 6.82. The number of amidine groups is 1. The van der Waals surface area contributed by atoms with E-state index in [-0.39, 0.29) is 27.5 Å². The van der Waals surface area contributed by atoms with Crippen molar-refractivity contribution in [1.82, 2.24) is 10.4 Å². The van der Waals surface area contributed by atoms with Crippen LogP contribution in [0.4, 0.5) is 0 Å². The lowest BCUT2D eigenvalue weighted by atomic mass is 10.2. The fraction of sp³-hybridized carbons (Fsp3) is 0.105. The highest BCUT2D eigenvalue weighted by Gasteiger charge is 2.36. The number of carbonyl (C=O) groups is 1. The first-order valence-electron chi connectivity index (χ1n) is 8.81. The number of nitrogens with two attached hydrogens (primary N) is 1. The number of carbonyl (C=O) groups excluding carboxylic acids is 1. The van der Waals surface area contributed by atoms with Gasteiger partial charge in [-0.2, -0.15) is 13.4 Å². The second kappa shape index (κ2) is 9.37. The maximum atomic E-state index is 12.9. The van der Waals surface area contributed by atoms with E-state index in [9.17, 15) is 13.2 Å². The molecule has 12 heteroatoms. The number of sulfonamides is 1. The number of hydrogen-bond acceptors (Lipinski definition) is 8. The predicted molar refractivity (Wildman–Crippen MR) is 127 cm³/mol. The standard InChI is InChI=1S/C19H16N4O4S3.ClH/c20-8-9-27-13-5-3-4-12(10-13)11-15-18(24)23(19(28)29-15)21-17-14-6-1-2-7-16(14)30(25,26)22-17;/h1-7,10-11H,8-9,20H2,(H,21,22);1H/b15-11+;. The highest BCUT2D eigenvalue weighted by atomic mass is 35.5. The summed E-state index contributed by atoms with van der Waals surface area (Å²) in [6, 6.07) is 13.6. The van der Waals surface area contributed by atoms with Gasteiger partial charge in [-0.3, -0.25) is 10.2 Å². The van der Waals surface area contributed by atoms with Gasteiger partial charge in [-0.25, -0.2) is 0 Å². The molecule has 0 radical (unpaired) electrons. The number of hydrazine groups is 1. The maximum Gasteiger partial charge on any atom is 0.285 e. The number of thiocarbonyl (C=S) groups is 1. The first kappa shape index (κ1) is 23.2. The van der Waals surface area contributed by atoms with Gasteiger partial charge in [0.1, 0.15) is 17.3 Å². The number of benzene rings is 2. The first-order valence-corrected chi connectivity index (χ1v) is 11.5. The monoisotopic (exact) mass is 496 g/mol. The van der Waals surface area contributed by atoms with Crippen LogP contribution in [-0.2, 0) is 14.8 Å². The van der Waals surface area contributed by atoms with Gasteiger partial charge in [0, 0.05) is 12.1 Å². The zero-order chi connectivity index (χ0) is 21.3. The van der Waals surface area contributed by atoms with E-state index in [1.165, 1.54) is 6.07 Å². The molecule has 1 saturated heterocycles. The van der Waals surface area contributed by atoms with Gasteiger partial charge in [-0.05, 0) is 48.1 Å². The first-order chi connectivity index (χ1) is 14.4. The van der Waals surface area contributed by atoms with Crippen molar-refractivity contribution in [3.63, 3.8) is 0 Å². The number of rotatable bonds is 5. The van der Waals surface area contributed by atoms with Crippen molar-refractivity contribution in [2.75, 3.05) is 13.2 Å². The van der Waals surface area contributed by atoms with Crippen LogP contribution in [0.1, 0.15) is 11.1 Å². The third-order valence-electron chi connectivity index (χ3n) is 4.19. The van der Waals surface area contributed by atoms with Gasteiger partial charge >= 0.3 is 0 Å². The summed E-state index contributed by atoms with van der Waals surface area (Å²) in [7, 11) is -3.81. The highest BCUT2D eigenvalue weighted by Crippen LogP contribution is 2.33. The molecule has 3 N–H and O–H groups in total. The summed E-state index contributed by atoms with van der Waals surface area (Å²) in [5.41, 5.74) is 9.36. The number of amides is 1. The summed E-state index contributed by atoms with van der Waals surface area (Å²) in [6.07, 6.45) is 1.69. The molecule has 0 unspecified atom stereocenters. The fourth-order valence-electron chi connectivity index (χ4n) is 2.88. The van der Waals surface area contributed by atoms with Gasteiger partial charge in [0.05, 0.1) is 4.91 Å². The summed E-state index contributed by atoms with van der Waals surface area (Å²) in [5, 5.41) is 1.12. The average Bonchev–Trinajstić information content (AvgIpc) is 3.14. The molecule has 31 heavy (non-hydrogen) atoms. The van der Waals surface area contributed by atoms with E-state index < -0.39 is 15.9 Å². The molecule has 2 aromatic rings. The van der Waals surface area contributed by atoms with E-state index >= 15 is 0 Å². The normalized spacial score (nSPS) is 17.9. The summed E-state index contributed by atoms with van der Waals surface area (Å²) < 4.78 is 33.9. The lowest BCUT2D eigenvalue weighted by molar-refractivity contribution is -0.123. The number of halogens is 1. The van der Waals surface area contributed by atoms with Gasteiger partial charge in [-0.1, -0.05) is 36.0 Å². The zero-order valence-electron chi connectivity index (χ0n) is 15.8. The van der Waals surface area contributed by atoms with Gasteiger partial charge in [-0.15, -0.1) is 16.8 Å². The molecule has 162 valence electrons. The molecule has 1 fully saturated rings. The Bertz CT molecular complexity index is 1210. The molecule has 2 aliphatic heterocycles. The van der Waals surface area contributed by atoms with Gasteiger partial charge in [0.25, 0.3) is 15.9 Å². The lowest BCUT2D eigenvalue weighted by Crippen LogP contribution is -2.44. The van der Waals surface area contributed by atoms with Crippen LogP contribution >= 0.6 is 36.4 Å². The van der Waals surface area contributed by atoms with Crippen LogP contribution in [0, 0.1) is 0 Å². The lowest BCUT2D eigenvalue weighted by Gasteiger charge is -2.16. The number of hydrogen-bond donors (Lipinski definition) is 2. The Balaban J connectivity index is 0.00000272. The molecule has 4 rings (SSSR count). The summed E-state index contributed by atoms with van der Waals surface area (Å²) in [5.74, 6) is 0.299. The Morgan fingerprint density at radius 2 is 2.00 bits per heavy atom. The fourth-order valence-corrected chi connectivity index (χ4v) is 5.23. The molecule has 1 amide bonds. The van der Waals surface area contributed by atoms with Crippen molar-refractivity contribution >= 4 is 68.5 Å². The average molecular weight is 497 g/mol. The number of nitrogens with one attached hydrogen (secondary N) is 1. The molecule has 0 atom stereocenters. The number of ether oxygens (including phenoxy) is 1. The van der Waals surface area contributed by atoms with Crippen molar-refractivity contribution in [2.24, 2.45) is 10.1 Å². The van der Waals surface area contributed by atoms with E-state index in [0.29, 0.717) is 29.4 Å². The van der Waals surface area contributed by atoms with E-state index in [1.807, 2.05) is 12.1 Å². The van der Waals surface area contributed by atoms with Crippen LogP contribution < -0.4 is 15.9 Å². The SMILES string of the molecule is Cl.NCCOc1cccc(/C=C2/SC(=S)N(NC3=NS(=O)(=O)c4ccccc43)C2=O)c1. The Morgan fingerprint density at radius 3 is 2.77 bits per heavy atom. The minimum atomic E-state index is -3.81. The molecule has 8 nitrogen and oxygen atoms in total. The highest BCUT2D eigenvalue weighted by molar-refractivity contribution is 8.26. The maximum absolute atomic E-state index is 12.9. The van der Waals surface area contributed by atoms with Crippen LogP contribution in [0.3, 0.4) is 0 Å². The van der Waals surface area contributed by atoms with Crippen LogP contribution in [0.5, 0.6) is 5.75 Å². The van der Waals surface area contributed by atoms with Gasteiger partial charge in [0.15, 0.2) is 10.2 Å². The van der Waals surface area contributed by atoms with Crippen molar-refractivity contribution in [1.29, 1.82) is 0 Å². The van der Waals surface area contributed by atoms with Crippen LogP contribution in [0.25, 0.3) is 6.08 Å². The second-order valence-corrected chi connectivity index (χ2v) is 9.50. The molecule has 0 bridgehead atoms. The largest absolute Gasteiger partial charge is 0.492 e. The Labute approximate surface area is 195 Å². The van der Waals surface area contributed by atoms with Gasteiger partial charge in [0.2, 0.25) is 0 Å². The van der Waals surface area contributed by atoms with Crippen molar-refractivity contribution in [3.8, 4) is 5.75 Å². The molecule has 2 aliphatic rings. The van der Waals surface area contributed by atoms with Crippen molar-refractivity contribution < 1.29 is 17.9 Å². The van der Waals surface area contributed by atoms with Crippen molar-refractivity contribution in [3.05, 3.63) is 64.6 Å². The molecule has 0 aliphatic carbocycles. The Morgan fingerprint density at radius 1 is 1.23 bits per heavy atom. The van der Waals surface area contributed by atoms with Crippen molar-refractivity contribution in [2.45, 2.75) is 4.90 Å². The molecule has 0 spiro atoms. The van der Waals surface area contributed by atoms with E-state index in [2.05, 4.69) is 9.82 Å². The number of thioether (sulfide) groups is 1. The smallest absolute Gasteiger partial charge is 0.285 e. The summed E-state index contributed by atoms with van der Waals surface area (Å²) >= 11 is 6.41. The predicted octanol–water partition coefficient (Wildman–Crippen LogP) is 2.30. The van der Waals surface area contributed by atoms with E-state index in [1.54, 1.807) is 36.4 Å². The zero-order valence-corrected chi connectivity index (χ0v) is 19.1. The molecule has 0 saturated carbocycles. The van der Waals surface area contributed by atoms with Crippen LogP contribution in [0.2, 0.25) is 0 Å². The Hall–Kier alpha value is -2.44. The Kier molecular flexibility index (Phi) is 7.02. The molecule has 2 heterocycles. The second-order valence-electron chi connectivity index (χ2n) is 6.25. The molecule has 2 aromatic carbocycles. The number of nitrogens with zero attached hydrogens (tertiary/aromatic N) is 2. The minimum Gasteiger partial charge on any atom is -0.492 e. The van der Waals surface area contributed by atoms with E-state index in [4.69, 9.17) is 22.7 Å². The quantitative estimate of drug-likeness (QED) is 0.478. The molecular weight excluding hydrogens is 480 g/mol. The van der Waals surface area contributed by atoms with Crippen LogP contribution in [-0.4, -0.2) is 42.6 Å². The van der Waals surface area contributed by atoms with Gasteiger partial charge < -0.3 is 10.5 Å². The van der Waals surface area contributed by atoms with E-state index in [0.717, 1.165) is 22.3 Å². The van der Waals surface area contributed by atoms with Crippen LogP contribution in [0.15, 0.2) is 62.7 Å². The molecule has 0 aromatic heterocycles. The molecular formula is C19H17ClN4O4S3. The topological polar surface area (TPSA) is 114 Å². The summed E-state index contributed by atoms with van der Waals surface area (Å²) in [4.78, 5) is 13.3. The number of fused-ring (bicyclic) bond motifs is 1. The minimum absolute atomic E-state index is 0. The summed E-state index contributed by atoms with van der Waals surface area (Å²) in [6.45, 7) is 0.791. The third kappa shape index (κ3) is 4.75.